The third-order valence-electron chi connectivity index (χ3n) is 5.61. The fourth-order valence-corrected chi connectivity index (χ4v) is 3.76. The number of benzene rings is 3. The van der Waals surface area contributed by atoms with Gasteiger partial charge in [-0.25, -0.2) is 0 Å². The average molecular weight is 431 g/mol. The second-order valence-corrected chi connectivity index (χ2v) is 7.80. The van der Waals surface area contributed by atoms with Crippen LogP contribution < -0.4 is 10.1 Å². The molecule has 0 aliphatic carbocycles. The van der Waals surface area contributed by atoms with E-state index in [1.807, 2.05) is 85.8 Å². The van der Waals surface area contributed by atoms with Gasteiger partial charge in [-0.1, -0.05) is 66.7 Å². The Hall–Kier alpha value is -3.60. The Balaban J connectivity index is 1.96. The topological polar surface area (TPSA) is 58.6 Å². The van der Waals surface area contributed by atoms with Gasteiger partial charge in [0.15, 0.2) is 0 Å². The SMILES string of the molecule is CNC(=O)C(Cc1ccccc1)N(Cc1cccc(OC)c1)C(=O)Cc1ccccc1C. The van der Waals surface area contributed by atoms with Crippen molar-refractivity contribution in [3.63, 3.8) is 0 Å². The third-order valence-corrected chi connectivity index (χ3v) is 5.61. The van der Waals surface area contributed by atoms with Crippen LogP contribution in [0.25, 0.3) is 0 Å². The van der Waals surface area contributed by atoms with E-state index < -0.39 is 6.04 Å². The molecule has 32 heavy (non-hydrogen) atoms. The number of hydrogen-bond donors (Lipinski definition) is 1. The number of ether oxygens (including phenoxy) is 1. The van der Waals surface area contributed by atoms with Crippen LogP contribution in [0.2, 0.25) is 0 Å². The van der Waals surface area contributed by atoms with E-state index in [1.165, 1.54) is 0 Å². The molecule has 0 aromatic heterocycles. The molecule has 0 bridgehead atoms. The van der Waals surface area contributed by atoms with Gasteiger partial charge in [0, 0.05) is 20.0 Å². The molecule has 0 heterocycles. The second-order valence-electron chi connectivity index (χ2n) is 7.80. The Bertz CT molecular complexity index is 1050. The maximum atomic E-state index is 13.6. The molecule has 0 fully saturated rings. The maximum absolute atomic E-state index is 13.6. The van der Waals surface area contributed by atoms with Gasteiger partial charge in [-0.15, -0.1) is 0 Å². The fourth-order valence-electron chi connectivity index (χ4n) is 3.76. The number of rotatable bonds is 9. The molecule has 0 spiro atoms. The summed E-state index contributed by atoms with van der Waals surface area (Å²) in [7, 11) is 3.22. The van der Waals surface area contributed by atoms with Gasteiger partial charge in [0.2, 0.25) is 11.8 Å². The summed E-state index contributed by atoms with van der Waals surface area (Å²) in [6.45, 7) is 2.31. The first-order valence-corrected chi connectivity index (χ1v) is 10.7. The predicted octanol–water partition coefficient (Wildman–Crippen LogP) is 3.93. The van der Waals surface area contributed by atoms with E-state index in [0.29, 0.717) is 18.7 Å². The Morgan fingerprint density at radius 1 is 0.938 bits per heavy atom. The lowest BCUT2D eigenvalue weighted by molar-refractivity contribution is -0.140. The molecule has 3 aromatic carbocycles. The molecule has 0 aliphatic heterocycles. The van der Waals surface area contributed by atoms with Crippen molar-refractivity contribution < 1.29 is 14.3 Å². The zero-order chi connectivity index (χ0) is 22.9. The molecule has 1 N–H and O–H groups in total. The first-order valence-electron chi connectivity index (χ1n) is 10.7. The van der Waals surface area contributed by atoms with Crippen molar-refractivity contribution in [2.45, 2.75) is 32.4 Å². The van der Waals surface area contributed by atoms with Gasteiger partial charge < -0.3 is 15.0 Å². The normalized spacial score (nSPS) is 11.5. The largest absolute Gasteiger partial charge is 0.497 e. The molecule has 3 aromatic rings. The lowest BCUT2D eigenvalue weighted by Gasteiger charge is -2.31. The lowest BCUT2D eigenvalue weighted by atomic mass is 10.0. The monoisotopic (exact) mass is 430 g/mol. The summed E-state index contributed by atoms with van der Waals surface area (Å²) in [5, 5.41) is 2.75. The van der Waals surface area contributed by atoms with E-state index in [4.69, 9.17) is 4.74 Å². The highest BCUT2D eigenvalue weighted by atomic mass is 16.5. The van der Waals surface area contributed by atoms with Crippen LogP contribution in [0.3, 0.4) is 0 Å². The quantitative estimate of drug-likeness (QED) is 0.560. The van der Waals surface area contributed by atoms with E-state index in [9.17, 15) is 9.59 Å². The van der Waals surface area contributed by atoms with E-state index in [-0.39, 0.29) is 18.2 Å². The van der Waals surface area contributed by atoms with Gasteiger partial charge in [0.25, 0.3) is 0 Å². The Kier molecular flexibility index (Phi) is 8.03. The summed E-state index contributed by atoms with van der Waals surface area (Å²) >= 11 is 0. The number of carbonyl (C=O) groups is 2. The minimum atomic E-state index is -0.634. The fraction of sp³-hybridized carbons (Fsp3) is 0.259. The zero-order valence-electron chi connectivity index (χ0n) is 18.9. The number of aryl methyl sites for hydroxylation is 1. The van der Waals surface area contributed by atoms with Crippen molar-refractivity contribution in [1.82, 2.24) is 10.2 Å². The number of nitrogens with one attached hydrogen (secondary N) is 1. The van der Waals surface area contributed by atoms with Crippen molar-refractivity contribution in [2.24, 2.45) is 0 Å². The summed E-state index contributed by atoms with van der Waals surface area (Å²) in [6.07, 6.45) is 0.670. The number of carbonyl (C=O) groups excluding carboxylic acids is 2. The Morgan fingerprint density at radius 3 is 2.31 bits per heavy atom. The summed E-state index contributed by atoms with van der Waals surface area (Å²) in [5.41, 5.74) is 3.93. The highest BCUT2D eigenvalue weighted by molar-refractivity contribution is 5.88. The predicted molar refractivity (Wildman–Crippen MR) is 126 cm³/mol. The lowest BCUT2D eigenvalue weighted by Crippen LogP contribution is -2.50. The van der Waals surface area contributed by atoms with Crippen molar-refractivity contribution in [3.05, 3.63) is 101 Å². The van der Waals surface area contributed by atoms with Crippen molar-refractivity contribution in [3.8, 4) is 5.75 Å². The first kappa shape index (κ1) is 23.1. The van der Waals surface area contributed by atoms with Crippen molar-refractivity contribution in [1.29, 1.82) is 0 Å². The van der Waals surface area contributed by atoms with Crippen LogP contribution in [0, 0.1) is 6.92 Å². The first-order chi connectivity index (χ1) is 15.5. The minimum Gasteiger partial charge on any atom is -0.497 e. The molecule has 3 rings (SSSR count). The van der Waals surface area contributed by atoms with Crippen LogP contribution in [0.1, 0.15) is 22.3 Å². The van der Waals surface area contributed by atoms with Crippen LogP contribution in [-0.2, 0) is 29.0 Å². The Labute approximate surface area is 190 Å². The van der Waals surface area contributed by atoms with Crippen LogP contribution in [0.4, 0.5) is 0 Å². The molecular weight excluding hydrogens is 400 g/mol. The van der Waals surface area contributed by atoms with Gasteiger partial charge >= 0.3 is 0 Å². The molecule has 2 amide bonds. The molecule has 1 atom stereocenters. The maximum Gasteiger partial charge on any atom is 0.242 e. The summed E-state index contributed by atoms with van der Waals surface area (Å²) < 4.78 is 5.35. The van der Waals surface area contributed by atoms with Gasteiger partial charge in [0.05, 0.1) is 13.5 Å². The Morgan fingerprint density at radius 2 is 1.62 bits per heavy atom. The number of amides is 2. The standard InChI is InChI=1S/C27H30N2O3/c1-20-10-7-8-14-23(20)18-26(30)29(19-22-13-9-15-24(16-22)32-3)25(27(31)28-2)17-21-11-5-4-6-12-21/h4-16,25H,17-19H2,1-3H3,(H,28,31). The van der Waals surface area contributed by atoms with Gasteiger partial charge in [0.1, 0.15) is 11.8 Å². The van der Waals surface area contributed by atoms with Crippen LogP contribution >= 0.6 is 0 Å². The second kappa shape index (κ2) is 11.1. The van der Waals surface area contributed by atoms with Crippen LogP contribution in [-0.4, -0.2) is 36.9 Å². The third kappa shape index (κ3) is 5.97. The summed E-state index contributed by atoms with van der Waals surface area (Å²) in [4.78, 5) is 28.2. The van der Waals surface area contributed by atoms with E-state index in [2.05, 4.69) is 5.32 Å². The zero-order valence-corrected chi connectivity index (χ0v) is 18.9. The van der Waals surface area contributed by atoms with E-state index in [0.717, 1.165) is 22.3 Å². The van der Waals surface area contributed by atoms with E-state index >= 15 is 0 Å². The van der Waals surface area contributed by atoms with Gasteiger partial charge in [-0.05, 0) is 41.3 Å². The molecule has 0 saturated heterocycles. The minimum absolute atomic E-state index is 0.0911. The average Bonchev–Trinajstić information content (AvgIpc) is 2.83. The molecule has 1 unspecified atom stereocenters. The number of likely N-dealkylation sites (N-methyl/N-ethyl adjacent to an activating group) is 1. The molecule has 0 aliphatic rings. The number of hydrogen-bond acceptors (Lipinski definition) is 3. The van der Waals surface area contributed by atoms with Gasteiger partial charge in [-0.3, -0.25) is 9.59 Å². The summed E-state index contributed by atoms with van der Waals surface area (Å²) in [5.74, 6) is 0.440. The highest BCUT2D eigenvalue weighted by Gasteiger charge is 2.30. The van der Waals surface area contributed by atoms with Crippen LogP contribution in [0.15, 0.2) is 78.9 Å². The molecule has 0 saturated carbocycles. The van der Waals surface area contributed by atoms with E-state index in [1.54, 1.807) is 19.1 Å². The number of methoxy groups -OCH3 is 1. The highest BCUT2D eigenvalue weighted by Crippen LogP contribution is 2.20. The number of nitrogens with zero attached hydrogens (tertiary/aromatic N) is 1. The molecule has 5 heteroatoms. The smallest absolute Gasteiger partial charge is 0.242 e. The molecular formula is C27H30N2O3. The van der Waals surface area contributed by atoms with Crippen LogP contribution in [0.5, 0.6) is 5.75 Å². The molecule has 0 radical (unpaired) electrons. The molecule has 166 valence electrons. The summed E-state index contributed by atoms with van der Waals surface area (Å²) in [6, 6.07) is 24.6. The molecule has 5 nitrogen and oxygen atoms in total. The van der Waals surface area contributed by atoms with Gasteiger partial charge in [-0.2, -0.15) is 0 Å². The van der Waals surface area contributed by atoms with Crippen molar-refractivity contribution in [2.75, 3.05) is 14.2 Å². The van der Waals surface area contributed by atoms with Crippen molar-refractivity contribution >= 4 is 11.8 Å².